The molecule has 24 heavy (non-hydrogen) atoms. The Balaban J connectivity index is 1.91. The Labute approximate surface area is 136 Å². The second-order valence-corrected chi connectivity index (χ2v) is 4.78. The van der Waals surface area contributed by atoms with E-state index in [1.807, 2.05) is 0 Å². The Kier molecular flexibility index (Phi) is 5.62. The Bertz CT molecular complexity index is 705. The van der Waals surface area contributed by atoms with Crippen molar-refractivity contribution < 1.29 is 22.7 Å². The first kappa shape index (κ1) is 17.6. The van der Waals surface area contributed by atoms with Crippen molar-refractivity contribution in [1.29, 1.82) is 0 Å². The van der Waals surface area contributed by atoms with E-state index in [9.17, 15) is 18.0 Å². The molecule has 0 bridgehead atoms. The molecule has 1 aromatic carbocycles. The van der Waals surface area contributed by atoms with E-state index in [0.29, 0.717) is 11.4 Å². The number of amides is 1. The summed E-state index contributed by atoms with van der Waals surface area (Å²) in [6, 6.07) is 7.90. The van der Waals surface area contributed by atoms with E-state index < -0.39 is 11.7 Å². The number of aromatic nitrogens is 1. The number of hydrogen-bond donors (Lipinski definition) is 2. The zero-order chi connectivity index (χ0) is 17.6. The van der Waals surface area contributed by atoms with Gasteiger partial charge in [-0.2, -0.15) is 13.2 Å². The molecule has 128 valence electrons. The minimum absolute atomic E-state index is 0.116. The van der Waals surface area contributed by atoms with Crippen LogP contribution in [-0.2, 0) is 6.18 Å². The van der Waals surface area contributed by atoms with Gasteiger partial charge >= 0.3 is 6.18 Å². The summed E-state index contributed by atoms with van der Waals surface area (Å²) in [5, 5.41) is 5.43. The van der Waals surface area contributed by atoms with Crippen molar-refractivity contribution in [2.45, 2.75) is 6.18 Å². The number of alkyl halides is 3. The number of carbonyl (C=O) groups is 1. The molecule has 0 saturated heterocycles. The van der Waals surface area contributed by atoms with E-state index in [0.717, 1.165) is 12.1 Å². The third kappa shape index (κ3) is 4.61. The Morgan fingerprint density at radius 3 is 2.75 bits per heavy atom. The van der Waals surface area contributed by atoms with Gasteiger partial charge in [0.1, 0.15) is 18.2 Å². The van der Waals surface area contributed by atoms with Gasteiger partial charge in [-0.15, -0.1) is 0 Å². The molecule has 0 unspecified atom stereocenters. The van der Waals surface area contributed by atoms with E-state index in [-0.39, 0.29) is 24.8 Å². The quantitative estimate of drug-likeness (QED) is 0.795. The monoisotopic (exact) mass is 339 g/mol. The lowest BCUT2D eigenvalue weighted by atomic mass is 10.2. The van der Waals surface area contributed by atoms with Gasteiger partial charge in [-0.1, -0.05) is 6.07 Å². The molecule has 2 N–H and O–H groups in total. The zero-order valence-electron chi connectivity index (χ0n) is 12.9. The van der Waals surface area contributed by atoms with Crippen molar-refractivity contribution in [2.24, 2.45) is 0 Å². The number of nitrogens with one attached hydrogen (secondary N) is 2. The Hall–Kier alpha value is -2.77. The second-order valence-electron chi connectivity index (χ2n) is 4.78. The molecule has 0 atom stereocenters. The first-order valence-electron chi connectivity index (χ1n) is 7.13. The second kappa shape index (κ2) is 7.67. The maximum Gasteiger partial charge on any atom is 0.416 e. The highest BCUT2D eigenvalue weighted by molar-refractivity contribution is 5.98. The summed E-state index contributed by atoms with van der Waals surface area (Å²) in [4.78, 5) is 15.8. The zero-order valence-corrected chi connectivity index (χ0v) is 12.9. The molecule has 0 aliphatic rings. The summed E-state index contributed by atoms with van der Waals surface area (Å²) >= 11 is 0. The lowest BCUT2D eigenvalue weighted by molar-refractivity contribution is -0.137. The SMILES string of the molecule is CNC(=O)c1cccnc1NCCOc1cccc(C(F)(F)F)c1. The van der Waals surface area contributed by atoms with Gasteiger partial charge in [-0.05, 0) is 30.3 Å². The van der Waals surface area contributed by atoms with Crippen molar-refractivity contribution in [3.05, 3.63) is 53.7 Å². The number of rotatable bonds is 6. The third-order valence-electron chi connectivity index (χ3n) is 3.10. The molecule has 8 heteroatoms. The molecule has 0 radical (unpaired) electrons. The van der Waals surface area contributed by atoms with Crippen LogP contribution in [0, 0.1) is 0 Å². The number of anilines is 1. The number of benzene rings is 1. The van der Waals surface area contributed by atoms with Crippen molar-refractivity contribution in [2.75, 3.05) is 25.5 Å². The molecule has 0 aliphatic heterocycles. The highest BCUT2D eigenvalue weighted by atomic mass is 19.4. The molecule has 2 aromatic rings. The van der Waals surface area contributed by atoms with Gasteiger partial charge in [0.15, 0.2) is 0 Å². The minimum atomic E-state index is -4.41. The molecule has 0 spiro atoms. The first-order valence-corrected chi connectivity index (χ1v) is 7.13. The molecule has 0 aliphatic carbocycles. The van der Waals surface area contributed by atoms with Crippen LogP contribution in [0.2, 0.25) is 0 Å². The highest BCUT2D eigenvalue weighted by Crippen LogP contribution is 2.31. The van der Waals surface area contributed by atoms with E-state index in [4.69, 9.17) is 4.74 Å². The van der Waals surface area contributed by atoms with Crippen LogP contribution in [0.4, 0.5) is 19.0 Å². The molecule has 5 nitrogen and oxygen atoms in total. The lowest BCUT2D eigenvalue weighted by Crippen LogP contribution is -2.21. The van der Waals surface area contributed by atoms with E-state index in [1.165, 1.54) is 25.4 Å². The highest BCUT2D eigenvalue weighted by Gasteiger charge is 2.30. The summed E-state index contributed by atoms with van der Waals surface area (Å²) in [5.74, 6) is 0.216. The number of hydrogen-bond acceptors (Lipinski definition) is 4. The summed E-state index contributed by atoms with van der Waals surface area (Å²) in [6.07, 6.45) is -2.88. The van der Waals surface area contributed by atoms with Crippen LogP contribution in [0.3, 0.4) is 0 Å². The van der Waals surface area contributed by atoms with Crippen molar-refractivity contribution in [3.63, 3.8) is 0 Å². The number of carbonyl (C=O) groups excluding carboxylic acids is 1. The fourth-order valence-electron chi connectivity index (χ4n) is 1.96. The van der Waals surface area contributed by atoms with Gasteiger partial charge in [0.25, 0.3) is 5.91 Å². The van der Waals surface area contributed by atoms with Crippen molar-refractivity contribution >= 4 is 11.7 Å². The number of nitrogens with zero attached hydrogens (tertiary/aromatic N) is 1. The molecule has 1 amide bonds. The van der Waals surface area contributed by atoms with Gasteiger partial charge in [0.2, 0.25) is 0 Å². The van der Waals surface area contributed by atoms with Crippen LogP contribution in [0.1, 0.15) is 15.9 Å². The first-order chi connectivity index (χ1) is 11.4. The van der Waals surface area contributed by atoms with Gasteiger partial charge in [-0.3, -0.25) is 4.79 Å². The molecule has 0 saturated carbocycles. The van der Waals surface area contributed by atoms with Crippen LogP contribution in [0.15, 0.2) is 42.6 Å². The summed E-state index contributed by atoms with van der Waals surface area (Å²) in [6.45, 7) is 0.391. The molecule has 1 heterocycles. The molecule has 0 fully saturated rings. The lowest BCUT2D eigenvalue weighted by Gasteiger charge is -2.12. The third-order valence-corrected chi connectivity index (χ3v) is 3.10. The minimum Gasteiger partial charge on any atom is -0.492 e. The topological polar surface area (TPSA) is 63.2 Å². The predicted octanol–water partition coefficient (Wildman–Crippen LogP) is 2.95. The molecule has 2 rings (SSSR count). The predicted molar refractivity (Wildman–Crippen MR) is 83.1 cm³/mol. The maximum atomic E-state index is 12.6. The largest absolute Gasteiger partial charge is 0.492 e. The van der Waals surface area contributed by atoms with Crippen LogP contribution < -0.4 is 15.4 Å². The Morgan fingerprint density at radius 1 is 1.25 bits per heavy atom. The fourth-order valence-corrected chi connectivity index (χ4v) is 1.96. The average Bonchev–Trinajstić information content (AvgIpc) is 2.58. The van der Waals surface area contributed by atoms with E-state index >= 15 is 0 Å². The standard InChI is InChI=1S/C16H16F3N3O2/c1-20-15(23)13-6-3-7-21-14(13)22-8-9-24-12-5-2-4-11(10-12)16(17,18)19/h2-7,10H,8-9H2,1H3,(H,20,23)(H,21,22). The Morgan fingerprint density at radius 2 is 2.04 bits per heavy atom. The number of halogens is 3. The maximum absolute atomic E-state index is 12.6. The number of ether oxygens (including phenoxy) is 1. The van der Waals surface area contributed by atoms with Crippen LogP contribution in [0.25, 0.3) is 0 Å². The van der Waals surface area contributed by atoms with E-state index in [2.05, 4.69) is 15.6 Å². The van der Waals surface area contributed by atoms with Crippen LogP contribution in [0.5, 0.6) is 5.75 Å². The van der Waals surface area contributed by atoms with Crippen molar-refractivity contribution in [1.82, 2.24) is 10.3 Å². The fraction of sp³-hybridized carbons (Fsp3) is 0.250. The molecular weight excluding hydrogens is 323 g/mol. The van der Waals surface area contributed by atoms with E-state index in [1.54, 1.807) is 12.1 Å². The van der Waals surface area contributed by atoms with Crippen LogP contribution >= 0.6 is 0 Å². The normalized spacial score (nSPS) is 11.0. The van der Waals surface area contributed by atoms with Gasteiger partial charge in [0, 0.05) is 13.2 Å². The van der Waals surface area contributed by atoms with Gasteiger partial charge in [-0.25, -0.2) is 4.98 Å². The summed E-state index contributed by atoms with van der Waals surface area (Å²) in [5.41, 5.74) is -0.390. The molecule has 1 aromatic heterocycles. The number of pyridine rings is 1. The van der Waals surface area contributed by atoms with Gasteiger partial charge < -0.3 is 15.4 Å². The van der Waals surface area contributed by atoms with Crippen molar-refractivity contribution in [3.8, 4) is 5.75 Å². The van der Waals surface area contributed by atoms with Crippen LogP contribution in [-0.4, -0.2) is 31.1 Å². The summed E-state index contributed by atoms with van der Waals surface area (Å²) < 4.78 is 43.2. The average molecular weight is 339 g/mol. The summed E-state index contributed by atoms with van der Waals surface area (Å²) in [7, 11) is 1.51. The molecular formula is C16H16F3N3O2. The smallest absolute Gasteiger partial charge is 0.416 e. The van der Waals surface area contributed by atoms with Gasteiger partial charge in [0.05, 0.1) is 17.7 Å².